The Balaban J connectivity index is 2.15. The Labute approximate surface area is 139 Å². The van der Waals surface area contributed by atoms with E-state index in [9.17, 15) is 4.39 Å². The molecule has 1 aliphatic carbocycles. The van der Waals surface area contributed by atoms with Gasteiger partial charge in [-0.05, 0) is 37.8 Å². The molecule has 6 nitrogen and oxygen atoms in total. The van der Waals surface area contributed by atoms with E-state index < -0.39 is 11.5 Å². The normalized spacial score (nSPS) is 20.2. The summed E-state index contributed by atoms with van der Waals surface area (Å²) in [6.07, 6.45) is 4.50. The number of anilines is 1. The summed E-state index contributed by atoms with van der Waals surface area (Å²) in [4.78, 5) is 10.2. The fourth-order valence-electron chi connectivity index (χ4n) is 3.35. The van der Waals surface area contributed by atoms with Gasteiger partial charge < -0.3 is 16.2 Å². The first-order valence-corrected chi connectivity index (χ1v) is 7.88. The van der Waals surface area contributed by atoms with Crippen LogP contribution in [-0.2, 0) is 0 Å². The third-order valence-corrected chi connectivity index (χ3v) is 4.62. The van der Waals surface area contributed by atoms with Crippen molar-refractivity contribution in [3.05, 3.63) is 23.0 Å². The van der Waals surface area contributed by atoms with Crippen LogP contribution in [0.15, 0.2) is 22.1 Å². The van der Waals surface area contributed by atoms with Crippen molar-refractivity contribution in [1.82, 2.24) is 0 Å². The van der Waals surface area contributed by atoms with Crippen molar-refractivity contribution in [2.24, 2.45) is 21.5 Å². The minimum Gasteiger partial charge on any atom is -0.492 e. The maximum atomic E-state index is 14.9. The molecule has 2 aliphatic rings. The van der Waals surface area contributed by atoms with E-state index in [0.29, 0.717) is 0 Å². The molecule has 1 saturated carbocycles. The van der Waals surface area contributed by atoms with Gasteiger partial charge in [-0.2, -0.15) is 4.99 Å². The number of hydrogen-bond acceptors (Lipinski definition) is 6. The molecule has 1 aliphatic heterocycles. The Bertz CT molecular complexity index is 685. The lowest BCUT2D eigenvalue weighted by molar-refractivity contribution is 0.302. The first-order valence-electron chi connectivity index (χ1n) is 7.50. The molecule has 0 amide bonds. The molecule has 23 heavy (non-hydrogen) atoms. The van der Waals surface area contributed by atoms with E-state index in [1.807, 2.05) is 0 Å². The molecule has 0 bridgehead atoms. The lowest BCUT2D eigenvalue weighted by atomic mass is 9.87. The van der Waals surface area contributed by atoms with Crippen LogP contribution in [0.4, 0.5) is 10.1 Å². The SMILES string of the molecule is COc1c(Cl)ccc(N2C(N)=NC(N)=NC23CCCCC3)c1F. The number of guanidine groups is 2. The van der Waals surface area contributed by atoms with Gasteiger partial charge in [0.25, 0.3) is 0 Å². The van der Waals surface area contributed by atoms with Gasteiger partial charge in [0.15, 0.2) is 11.6 Å². The first-order chi connectivity index (χ1) is 11.0. The van der Waals surface area contributed by atoms with Gasteiger partial charge in [0.1, 0.15) is 5.66 Å². The van der Waals surface area contributed by atoms with Crippen LogP contribution in [0.2, 0.25) is 5.02 Å². The predicted molar refractivity (Wildman–Crippen MR) is 89.5 cm³/mol. The van der Waals surface area contributed by atoms with E-state index in [-0.39, 0.29) is 28.4 Å². The molecule has 124 valence electrons. The number of nitrogens with two attached hydrogens (primary N) is 2. The molecule has 4 N–H and O–H groups in total. The first kappa shape index (κ1) is 15.9. The highest BCUT2D eigenvalue weighted by Crippen LogP contribution is 2.43. The van der Waals surface area contributed by atoms with Crippen molar-refractivity contribution < 1.29 is 9.13 Å². The number of benzene rings is 1. The summed E-state index contributed by atoms with van der Waals surface area (Å²) in [7, 11) is 1.37. The van der Waals surface area contributed by atoms with Gasteiger partial charge in [-0.15, -0.1) is 0 Å². The summed E-state index contributed by atoms with van der Waals surface area (Å²) in [6.45, 7) is 0. The van der Waals surface area contributed by atoms with Gasteiger partial charge in [-0.25, -0.2) is 9.38 Å². The van der Waals surface area contributed by atoms with Crippen LogP contribution in [0.5, 0.6) is 5.75 Å². The molecule has 0 atom stereocenters. The van der Waals surface area contributed by atoms with Crippen molar-refractivity contribution in [3.8, 4) is 5.75 Å². The quantitative estimate of drug-likeness (QED) is 0.866. The molecule has 0 unspecified atom stereocenters. The molecule has 0 aromatic heterocycles. The molecule has 1 heterocycles. The Morgan fingerprint density at radius 1 is 1.26 bits per heavy atom. The second-order valence-corrected chi connectivity index (χ2v) is 6.14. The second kappa shape index (κ2) is 5.88. The van der Waals surface area contributed by atoms with Crippen molar-refractivity contribution in [1.29, 1.82) is 0 Å². The van der Waals surface area contributed by atoms with Crippen LogP contribution in [-0.4, -0.2) is 24.7 Å². The van der Waals surface area contributed by atoms with E-state index in [1.165, 1.54) is 7.11 Å². The molecular weight excluding hydrogens is 321 g/mol. The molecule has 1 aromatic carbocycles. The average molecular weight is 340 g/mol. The zero-order chi connectivity index (χ0) is 16.6. The number of methoxy groups -OCH3 is 1. The van der Waals surface area contributed by atoms with Gasteiger partial charge in [0, 0.05) is 0 Å². The van der Waals surface area contributed by atoms with Crippen LogP contribution >= 0.6 is 11.6 Å². The lowest BCUT2D eigenvalue weighted by Crippen LogP contribution is -2.58. The van der Waals surface area contributed by atoms with E-state index in [4.69, 9.17) is 27.8 Å². The van der Waals surface area contributed by atoms with E-state index in [1.54, 1.807) is 17.0 Å². The Kier molecular flexibility index (Phi) is 4.06. The standard InChI is InChI=1S/C15H19ClFN5O/c1-23-12-9(16)5-6-10(11(12)17)22-14(19)20-13(18)21-15(22)7-3-2-4-8-15/h5-6H,2-4,7-8H2,1H3,(H4,18,19,20,21). The van der Waals surface area contributed by atoms with Crippen LogP contribution in [0.1, 0.15) is 32.1 Å². The summed E-state index contributed by atoms with van der Waals surface area (Å²) >= 11 is 5.98. The zero-order valence-corrected chi connectivity index (χ0v) is 13.6. The molecule has 1 fully saturated rings. The summed E-state index contributed by atoms with van der Waals surface area (Å²) in [5, 5.41) is 0.196. The Hall–Kier alpha value is -2.02. The monoisotopic (exact) mass is 339 g/mol. The molecule has 0 saturated heterocycles. The fourth-order valence-corrected chi connectivity index (χ4v) is 3.57. The third kappa shape index (κ3) is 2.59. The Morgan fingerprint density at radius 3 is 2.61 bits per heavy atom. The maximum absolute atomic E-state index is 14.9. The molecule has 3 rings (SSSR count). The molecule has 1 spiro atoms. The van der Waals surface area contributed by atoms with Gasteiger partial charge in [-0.3, -0.25) is 4.90 Å². The van der Waals surface area contributed by atoms with Crippen molar-refractivity contribution in [2.45, 2.75) is 37.8 Å². The largest absolute Gasteiger partial charge is 0.492 e. The molecule has 8 heteroatoms. The third-order valence-electron chi connectivity index (χ3n) is 4.33. The van der Waals surface area contributed by atoms with Crippen LogP contribution in [0, 0.1) is 5.82 Å². The average Bonchev–Trinajstić information content (AvgIpc) is 2.50. The van der Waals surface area contributed by atoms with Gasteiger partial charge in [-0.1, -0.05) is 18.0 Å². The second-order valence-electron chi connectivity index (χ2n) is 5.73. The van der Waals surface area contributed by atoms with Gasteiger partial charge in [0.2, 0.25) is 11.9 Å². The molecular formula is C15H19ClFN5O. The highest BCUT2D eigenvalue weighted by molar-refractivity contribution is 6.32. The van der Waals surface area contributed by atoms with Crippen LogP contribution in [0.3, 0.4) is 0 Å². The number of halogens is 2. The van der Waals surface area contributed by atoms with Gasteiger partial charge >= 0.3 is 0 Å². The number of rotatable bonds is 2. The highest BCUT2D eigenvalue weighted by atomic mass is 35.5. The predicted octanol–water partition coefficient (Wildman–Crippen LogP) is 2.60. The van der Waals surface area contributed by atoms with Crippen molar-refractivity contribution in [2.75, 3.05) is 12.0 Å². The molecule has 0 radical (unpaired) electrons. The van der Waals surface area contributed by atoms with Crippen LogP contribution in [0.25, 0.3) is 0 Å². The smallest absolute Gasteiger partial charge is 0.220 e. The van der Waals surface area contributed by atoms with E-state index in [0.717, 1.165) is 32.1 Å². The van der Waals surface area contributed by atoms with E-state index >= 15 is 0 Å². The topological polar surface area (TPSA) is 89.2 Å². The van der Waals surface area contributed by atoms with Crippen molar-refractivity contribution in [3.63, 3.8) is 0 Å². The van der Waals surface area contributed by atoms with Crippen molar-refractivity contribution >= 4 is 29.2 Å². The Morgan fingerprint density at radius 2 is 1.96 bits per heavy atom. The number of hydrogen-bond donors (Lipinski definition) is 2. The van der Waals surface area contributed by atoms with Crippen LogP contribution < -0.4 is 21.1 Å². The van der Waals surface area contributed by atoms with E-state index in [2.05, 4.69) is 9.98 Å². The lowest BCUT2D eigenvalue weighted by Gasteiger charge is -2.45. The fraction of sp³-hybridized carbons (Fsp3) is 0.467. The number of aliphatic imine (C=N–C) groups is 2. The minimum atomic E-state index is -0.701. The summed E-state index contributed by atoms with van der Waals surface area (Å²) < 4.78 is 19.9. The summed E-state index contributed by atoms with van der Waals surface area (Å²) in [6, 6.07) is 3.14. The highest BCUT2D eigenvalue weighted by Gasteiger charge is 2.43. The number of nitrogens with zero attached hydrogens (tertiary/aromatic N) is 3. The number of ether oxygens (including phenoxy) is 1. The maximum Gasteiger partial charge on any atom is 0.220 e. The minimum absolute atomic E-state index is 0.0227. The zero-order valence-electron chi connectivity index (χ0n) is 12.9. The molecule has 1 aromatic rings. The summed E-state index contributed by atoms with van der Waals surface area (Å²) in [5.41, 5.74) is 11.4. The van der Waals surface area contributed by atoms with Gasteiger partial charge in [0.05, 0.1) is 17.8 Å². The summed E-state index contributed by atoms with van der Waals surface area (Å²) in [5.74, 6) is -0.353.